The lowest BCUT2D eigenvalue weighted by molar-refractivity contribution is -0.115. The number of benzene rings is 2. The van der Waals surface area contributed by atoms with E-state index in [1.807, 2.05) is 67.4 Å². The number of anilines is 1. The van der Waals surface area contributed by atoms with Crippen LogP contribution in [0.25, 0.3) is 0 Å². The monoisotopic (exact) mass is 399 g/mol. The average molecular weight is 399 g/mol. The summed E-state index contributed by atoms with van der Waals surface area (Å²) < 4.78 is 5.85. The first-order valence-electron chi connectivity index (χ1n) is 9.28. The lowest BCUT2D eigenvalue weighted by atomic mass is 10.0. The summed E-state index contributed by atoms with van der Waals surface area (Å²) in [7, 11) is 0. The molecule has 3 rings (SSSR count). The summed E-state index contributed by atoms with van der Waals surface area (Å²) in [6.45, 7) is 2.46. The summed E-state index contributed by atoms with van der Waals surface area (Å²) in [5, 5.41) is 2.59. The number of nitrogens with one attached hydrogen (secondary N) is 1. The third-order valence-corrected chi connectivity index (χ3v) is 4.21. The minimum atomic E-state index is -0.479. The van der Waals surface area contributed by atoms with E-state index in [1.165, 1.54) is 6.33 Å². The van der Waals surface area contributed by atoms with Gasteiger partial charge in [0.2, 0.25) is 0 Å². The number of aryl methyl sites for hydroxylation is 1. The van der Waals surface area contributed by atoms with Crippen molar-refractivity contribution in [2.45, 2.75) is 6.92 Å². The molecule has 0 saturated heterocycles. The van der Waals surface area contributed by atoms with Crippen LogP contribution in [0.3, 0.4) is 0 Å². The average Bonchev–Trinajstić information content (AvgIpc) is 2.76. The molecule has 1 heterocycles. The minimum Gasteiger partial charge on any atom is -0.457 e. The molecule has 0 aliphatic heterocycles. The number of ether oxygens (including phenoxy) is 1. The van der Waals surface area contributed by atoms with Crippen molar-refractivity contribution in [3.8, 4) is 23.8 Å². The predicted molar refractivity (Wildman–Crippen MR) is 116 cm³/mol. The van der Waals surface area contributed by atoms with Crippen molar-refractivity contribution >= 4 is 17.4 Å². The number of para-hydroxylation sites is 1. The second kappa shape index (κ2) is 9.85. The van der Waals surface area contributed by atoms with E-state index in [0.29, 0.717) is 41.6 Å². The van der Waals surface area contributed by atoms with Gasteiger partial charge in [0.05, 0.1) is 23.5 Å². The van der Waals surface area contributed by atoms with Crippen molar-refractivity contribution < 1.29 is 9.53 Å². The predicted octanol–water partition coefficient (Wildman–Crippen LogP) is 2.75. The Kier molecular flexibility index (Phi) is 6.74. The molecule has 150 valence electrons. The molecule has 7 nitrogen and oxygen atoms in total. The molecule has 0 aliphatic carbocycles. The fourth-order valence-electron chi connectivity index (χ4n) is 2.79. The van der Waals surface area contributed by atoms with Gasteiger partial charge in [-0.2, -0.15) is 0 Å². The number of carbonyl (C=O) groups excluding carboxylic acids is 1. The Balaban J connectivity index is 1.88. The van der Waals surface area contributed by atoms with Gasteiger partial charge in [0, 0.05) is 12.1 Å². The standard InChI is InChI=1S/C23H21N5O2/c1-3-20(29)25-13-14-26-22(21-16(2)27-15-28-23(21)24)17-9-11-19(12-10-17)30-18-7-5-4-6-8-18/h1,4-12,15H,13-14H2,2H3,(H,25,29)(H2,24,27,28). The van der Waals surface area contributed by atoms with Crippen molar-refractivity contribution in [1.29, 1.82) is 0 Å². The Morgan fingerprint density at radius 3 is 2.50 bits per heavy atom. The second-order valence-electron chi connectivity index (χ2n) is 6.29. The first-order valence-corrected chi connectivity index (χ1v) is 9.28. The topological polar surface area (TPSA) is 102 Å². The number of amides is 1. The van der Waals surface area contributed by atoms with E-state index in [4.69, 9.17) is 16.9 Å². The van der Waals surface area contributed by atoms with Gasteiger partial charge in [0.15, 0.2) is 0 Å². The molecular formula is C23H21N5O2. The number of hydrogen-bond donors (Lipinski definition) is 2. The third kappa shape index (κ3) is 5.20. The highest BCUT2D eigenvalue weighted by Gasteiger charge is 2.15. The maximum atomic E-state index is 11.2. The van der Waals surface area contributed by atoms with Crippen molar-refractivity contribution in [2.75, 3.05) is 18.8 Å². The highest BCUT2D eigenvalue weighted by Crippen LogP contribution is 2.24. The van der Waals surface area contributed by atoms with Gasteiger partial charge in [-0.1, -0.05) is 18.2 Å². The number of nitrogens with two attached hydrogens (primary N) is 1. The molecule has 3 N–H and O–H groups in total. The zero-order valence-corrected chi connectivity index (χ0v) is 16.5. The summed E-state index contributed by atoms with van der Waals surface area (Å²) in [4.78, 5) is 24.2. The van der Waals surface area contributed by atoms with E-state index in [1.54, 1.807) is 0 Å². The molecule has 2 aromatic carbocycles. The highest BCUT2D eigenvalue weighted by molar-refractivity contribution is 6.16. The zero-order valence-electron chi connectivity index (χ0n) is 16.5. The van der Waals surface area contributed by atoms with Crippen molar-refractivity contribution in [1.82, 2.24) is 15.3 Å². The van der Waals surface area contributed by atoms with Crippen LogP contribution in [0, 0.1) is 19.3 Å². The Morgan fingerprint density at radius 2 is 1.83 bits per heavy atom. The molecule has 0 saturated carbocycles. The normalized spacial score (nSPS) is 10.9. The lowest BCUT2D eigenvalue weighted by Crippen LogP contribution is -2.24. The maximum Gasteiger partial charge on any atom is 0.295 e. The van der Waals surface area contributed by atoms with E-state index >= 15 is 0 Å². The maximum absolute atomic E-state index is 11.2. The second-order valence-corrected chi connectivity index (χ2v) is 6.29. The fraction of sp³-hybridized carbons (Fsp3) is 0.130. The fourth-order valence-corrected chi connectivity index (χ4v) is 2.79. The summed E-state index contributed by atoms with van der Waals surface area (Å²) in [5.41, 5.74) is 8.92. The van der Waals surface area contributed by atoms with Crippen LogP contribution in [-0.2, 0) is 4.79 Å². The van der Waals surface area contributed by atoms with Crippen LogP contribution in [0.15, 0.2) is 65.9 Å². The molecule has 0 spiro atoms. The van der Waals surface area contributed by atoms with Gasteiger partial charge in [-0.15, -0.1) is 6.42 Å². The quantitative estimate of drug-likeness (QED) is 0.361. The summed E-state index contributed by atoms with van der Waals surface area (Å²) in [5.74, 6) is 3.31. The van der Waals surface area contributed by atoms with E-state index in [-0.39, 0.29) is 0 Å². The molecule has 3 aromatic rings. The van der Waals surface area contributed by atoms with Crippen LogP contribution in [-0.4, -0.2) is 34.7 Å². The van der Waals surface area contributed by atoms with Gasteiger partial charge in [-0.05, 0) is 49.2 Å². The summed E-state index contributed by atoms with van der Waals surface area (Å²) in [6.07, 6.45) is 6.47. The Labute approximate surface area is 175 Å². The smallest absolute Gasteiger partial charge is 0.295 e. The van der Waals surface area contributed by atoms with E-state index in [9.17, 15) is 4.79 Å². The number of nitrogens with zero attached hydrogens (tertiary/aromatic N) is 3. The lowest BCUT2D eigenvalue weighted by Gasteiger charge is -2.13. The molecule has 0 atom stereocenters. The first-order chi connectivity index (χ1) is 14.6. The van der Waals surface area contributed by atoms with Crippen LogP contribution in [0.4, 0.5) is 5.82 Å². The highest BCUT2D eigenvalue weighted by atomic mass is 16.5. The molecular weight excluding hydrogens is 378 g/mol. The van der Waals surface area contributed by atoms with Crippen LogP contribution < -0.4 is 15.8 Å². The Bertz CT molecular complexity index is 1070. The molecule has 1 aromatic heterocycles. The SMILES string of the molecule is C#CC(=O)NCCN=C(c1ccc(Oc2ccccc2)cc1)c1c(C)ncnc1N. The van der Waals surface area contributed by atoms with Gasteiger partial charge in [-0.3, -0.25) is 9.79 Å². The number of terminal acetylenes is 1. The molecule has 0 bridgehead atoms. The zero-order chi connectivity index (χ0) is 21.3. The summed E-state index contributed by atoms with van der Waals surface area (Å²) >= 11 is 0. The molecule has 0 unspecified atom stereocenters. The van der Waals surface area contributed by atoms with Gasteiger partial charge in [0.25, 0.3) is 5.91 Å². The number of carbonyl (C=O) groups is 1. The van der Waals surface area contributed by atoms with E-state index < -0.39 is 5.91 Å². The van der Waals surface area contributed by atoms with Crippen LogP contribution in [0.1, 0.15) is 16.8 Å². The molecule has 0 fully saturated rings. The number of nitrogen functional groups attached to an aromatic ring is 1. The van der Waals surface area contributed by atoms with Crippen molar-refractivity contribution in [3.63, 3.8) is 0 Å². The summed E-state index contributed by atoms with van der Waals surface area (Å²) in [6, 6.07) is 17.0. The molecule has 1 amide bonds. The molecule has 0 radical (unpaired) electrons. The molecule has 0 aliphatic rings. The van der Waals surface area contributed by atoms with Crippen LogP contribution in [0.2, 0.25) is 0 Å². The Hall–Kier alpha value is -4.18. The van der Waals surface area contributed by atoms with Crippen molar-refractivity contribution in [3.05, 3.63) is 77.7 Å². The number of hydrogen-bond acceptors (Lipinski definition) is 6. The van der Waals surface area contributed by atoms with Crippen LogP contribution in [0.5, 0.6) is 11.5 Å². The first kappa shape index (κ1) is 20.6. The largest absolute Gasteiger partial charge is 0.457 e. The molecule has 30 heavy (non-hydrogen) atoms. The van der Waals surface area contributed by atoms with Gasteiger partial charge in [-0.25, -0.2) is 9.97 Å². The molecule has 7 heteroatoms. The number of rotatable bonds is 7. The van der Waals surface area contributed by atoms with Crippen molar-refractivity contribution in [2.24, 2.45) is 4.99 Å². The van der Waals surface area contributed by atoms with Gasteiger partial charge < -0.3 is 15.8 Å². The number of aromatic nitrogens is 2. The van der Waals surface area contributed by atoms with Gasteiger partial charge in [0.1, 0.15) is 23.6 Å². The third-order valence-electron chi connectivity index (χ3n) is 4.21. The van der Waals surface area contributed by atoms with E-state index in [2.05, 4.69) is 20.3 Å². The van der Waals surface area contributed by atoms with Crippen LogP contribution >= 0.6 is 0 Å². The van der Waals surface area contributed by atoms with E-state index in [0.717, 1.165) is 11.3 Å². The van der Waals surface area contributed by atoms with Gasteiger partial charge >= 0.3 is 0 Å². The Morgan fingerprint density at radius 1 is 1.13 bits per heavy atom. The number of aliphatic imine (C=N–C) groups is 1. The minimum absolute atomic E-state index is 0.300.